The van der Waals surface area contributed by atoms with E-state index < -0.39 is 0 Å². The zero-order valence-electron chi connectivity index (χ0n) is 16.6. The Morgan fingerprint density at radius 2 is 1.86 bits per heavy atom. The predicted molar refractivity (Wildman–Crippen MR) is 121 cm³/mol. The van der Waals surface area contributed by atoms with Crippen LogP contribution in [0.2, 0.25) is 0 Å². The number of carbonyl (C=O) groups excluding carboxylic acids is 1. The SMILES string of the molecule is CCC(=O)Nc1sc(/C(C#N)=C/c2ccc(N(C)C)cc2)nc1-c1ccccc1. The van der Waals surface area contributed by atoms with Gasteiger partial charge in [-0.3, -0.25) is 4.79 Å². The third kappa shape index (κ3) is 4.89. The van der Waals surface area contributed by atoms with Gasteiger partial charge in [-0.1, -0.05) is 60.7 Å². The molecule has 0 aliphatic rings. The van der Waals surface area contributed by atoms with E-state index >= 15 is 0 Å². The van der Waals surface area contributed by atoms with Crippen molar-refractivity contribution in [2.75, 3.05) is 24.3 Å². The van der Waals surface area contributed by atoms with Crippen molar-refractivity contribution in [2.45, 2.75) is 13.3 Å². The standard InChI is InChI=1S/C23H22N4OS/c1-4-20(28)25-23-21(17-8-6-5-7-9-17)26-22(29-23)18(15-24)14-16-10-12-19(13-11-16)27(2)3/h5-14H,4H2,1-3H3,(H,25,28)/b18-14+. The number of hydrogen-bond acceptors (Lipinski definition) is 5. The van der Waals surface area contributed by atoms with Crippen LogP contribution in [0.15, 0.2) is 54.6 Å². The maximum atomic E-state index is 12.0. The molecule has 3 aromatic rings. The van der Waals surface area contributed by atoms with Crippen molar-refractivity contribution in [3.05, 3.63) is 65.2 Å². The lowest BCUT2D eigenvalue weighted by Crippen LogP contribution is -2.08. The first-order chi connectivity index (χ1) is 14.0. The maximum absolute atomic E-state index is 12.0. The molecule has 146 valence electrons. The molecule has 0 spiro atoms. The van der Waals surface area contributed by atoms with Gasteiger partial charge in [-0.25, -0.2) is 4.98 Å². The summed E-state index contributed by atoms with van der Waals surface area (Å²) in [6, 6.07) is 19.9. The van der Waals surface area contributed by atoms with Gasteiger partial charge < -0.3 is 10.2 Å². The molecule has 3 rings (SSSR count). The lowest BCUT2D eigenvalue weighted by atomic mass is 10.1. The van der Waals surface area contributed by atoms with Crippen LogP contribution in [0.4, 0.5) is 10.7 Å². The zero-order valence-corrected chi connectivity index (χ0v) is 17.5. The summed E-state index contributed by atoms with van der Waals surface area (Å²) in [7, 11) is 3.97. The number of amides is 1. The van der Waals surface area contributed by atoms with Crippen molar-refractivity contribution in [3.63, 3.8) is 0 Å². The molecule has 29 heavy (non-hydrogen) atoms. The van der Waals surface area contributed by atoms with Gasteiger partial charge in [0.2, 0.25) is 5.91 Å². The number of aromatic nitrogens is 1. The molecule has 0 radical (unpaired) electrons. The number of carbonyl (C=O) groups is 1. The largest absolute Gasteiger partial charge is 0.378 e. The molecule has 0 unspecified atom stereocenters. The molecule has 2 aromatic carbocycles. The second-order valence-corrected chi connectivity index (χ2v) is 7.62. The van der Waals surface area contributed by atoms with Crippen molar-refractivity contribution in [1.82, 2.24) is 4.98 Å². The van der Waals surface area contributed by atoms with Crippen LogP contribution in [-0.2, 0) is 4.79 Å². The fraction of sp³-hybridized carbons (Fsp3) is 0.174. The van der Waals surface area contributed by atoms with E-state index in [1.54, 1.807) is 6.92 Å². The average molecular weight is 403 g/mol. The molecule has 0 bridgehead atoms. The van der Waals surface area contributed by atoms with Crippen LogP contribution in [0, 0.1) is 11.3 Å². The first-order valence-electron chi connectivity index (χ1n) is 9.27. The molecule has 1 amide bonds. The number of rotatable bonds is 6. The van der Waals surface area contributed by atoms with Gasteiger partial charge in [0, 0.05) is 31.8 Å². The average Bonchev–Trinajstić information content (AvgIpc) is 3.16. The Labute approximate surface area is 174 Å². The highest BCUT2D eigenvalue weighted by Gasteiger charge is 2.17. The third-order valence-corrected chi connectivity index (χ3v) is 5.32. The quantitative estimate of drug-likeness (QED) is 0.569. The van der Waals surface area contributed by atoms with Gasteiger partial charge in [-0.2, -0.15) is 5.26 Å². The van der Waals surface area contributed by atoms with Gasteiger partial charge in [0.15, 0.2) is 0 Å². The fourth-order valence-electron chi connectivity index (χ4n) is 2.70. The normalized spacial score (nSPS) is 11.0. The van der Waals surface area contributed by atoms with Crippen LogP contribution in [0.5, 0.6) is 0 Å². The molecule has 1 heterocycles. The smallest absolute Gasteiger partial charge is 0.224 e. The lowest BCUT2D eigenvalue weighted by Gasteiger charge is -2.11. The Kier molecular flexibility index (Phi) is 6.43. The number of thiazole rings is 1. The summed E-state index contributed by atoms with van der Waals surface area (Å²) in [6.07, 6.45) is 2.19. The van der Waals surface area contributed by atoms with E-state index in [-0.39, 0.29) is 5.91 Å². The molecular formula is C23H22N4OS. The number of nitrogens with zero attached hydrogens (tertiary/aromatic N) is 3. The topological polar surface area (TPSA) is 69.0 Å². The molecular weight excluding hydrogens is 380 g/mol. The van der Waals surface area contributed by atoms with Crippen molar-refractivity contribution in [1.29, 1.82) is 5.26 Å². The van der Waals surface area contributed by atoms with Gasteiger partial charge >= 0.3 is 0 Å². The maximum Gasteiger partial charge on any atom is 0.224 e. The minimum absolute atomic E-state index is 0.0841. The van der Waals surface area contributed by atoms with Crippen molar-refractivity contribution in [3.8, 4) is 17.3 Å². The fourth-order valence-corrected chi connectivity index (χ4v) is 3.67. The van der Waals surface area contributed by atoms with Gasteiger partial charge in [0.1, 0.15) is 21.8 Å². The van der Waals surface area contributed by atoms with Gasteiger partial charge in [-0.05, 0) is 23.8 Å². The molecule has 1 N–H and O–H groups in total. The van der Waals surface area contributed by atoms with Gasteiger partial charge in [0.25, 0.3) is 0 Å². The number of anilines is 2. The molecule has 0 saturated carbocycles. The van der Waals surface area contributed by atoms with Crippen LogP contribution in [-0.4, -0.2) is 25.0 Å². The highest BCUT2D eigenvalue weighted by Crippen LogP contribution is 2.36. The molecule has 0 atom stereocenters. The summed E-state index contributed by atoms with van der Waals surface area (Å²) < 4.78 is 0. The zero-order chi connectivity index (χ0) is 20.8. The van der Waals surface area contributed by atoms with E-state index in [9.17, 15) is 10.1 Å². The summed E-state index contributed by atoms with van der Waals surface area (Å²) in [4.78, 5) is 18.7. The first kappa shape index (κ1) is 20.3. The Morgan fingerprint density at radius 3 is 2.45 bits per heavy atom. The summed E-state index contributed by atoms with van der Waals surface area (Å²) in [5.74, 6) is -0.0841. The van der Waals surface area contributed by atoms with E-state index in [0.29, 0.717) is 27.7 Å². The number of benzene rings is 2. The second-order valence-electron chi connectivity index (χ2n) is 6.62. The van der Waals surface area contributed by atoms with E-state index in [1.807, 2.05) is 79.7 Å². The minimum Gasteiger partial charge on any atom is -0.378 e. The Morgan fingerprint density at radius 1 is 1.17 bits per heavy atom. The number of hydrogen-bond donors (Lipinski definition) is 1. The highest BCUT2D eigenvalue weighted by atomic mass is 32.1. The molecule has 1 aromatic heterocycles. The van der Waals surface area contributed by atoms with Gasteiger partial charge in [0.05, 0.1) is 5.57 Å². The summed E-state index contributed by atoms with van der Waals surface area (Å²) in [5.41, 5.74) is 4.04. The Balaban J connectivity index is 2.01. The summed E-state index contributed by atoms with van der Waals surface area (Å²) in [6.45, 7) is 1.80. The molecule has 0 aliphatic carbocycles. The van der Waals surface area contributed by atoms with Crippen LogP contribution < -0.4 is 10.2 Å². The van der Waals surface area contributed by atoms with Crippen molar-refractivity contribution < 1.29 is 4.79 Å². The molecule has 0 fully saturated rings. The van der Waals surface area contributed by atoms with Crippen LogP contribution in [0.1, 0.15) is 23.9 Å². The number of allylic oxidation sites excluding steroid dienone is 1. The van der Waals surface area contributed by atoms with E-state index in [2.05, 4.69) is 16.4 Å². The Bertz CT molecular complexity index is 1060. The van der Waals surface area contributed by atoms with E-state index in [0.717, 1.165) is 16.8 Å². The monoisotopic (exact) mass is 402 g/mol. The third-order valence-electron chi connectivity index (χ3n) is 4.32. The van der Waals surface area contributed by atoms with E-state index in [1.165, 1.54) is 11.3 Å². The minimum atomic E-state index is -0.0841. The highest BCUT2D eigenvalue weighted by molar-refractivity contribution is 7.17. The van der Waals surface area contributed by atoms with Crippen molar-refractivity contribution >= 4 is 39.6 Å². The van der Waals surface area contributed by atoms with Crippen LogP contribution in [0.3, 0.4) is 0 Å². The number of nitrogens with one attached hydrogen (secondary N) is 1. The number of nitriles is 1. The Hall–Kier alpha value is -3.43. The molecule has 0 saturated heterocycles. The predicted octanol–water partition coefficient (Wildman–Crippen LogP) is 5.29. The molecule has 0 aliphatic heterocycles. The second kappa shape index (κ2) is 9.18. The lowest BCUT2D eigenvalue weighted by molar-refractivity contribution is -0.115. The molecule has 5 nitrogen and oxygen atoms in total. The van der Waals surface area contributed by atoms with Crippen LogP contribution >= 0.6 is 11.3 Å². The van der Waals surface area contributed by atoms with Crippen LogP contribution in [0.25, 0.3) is 22.9 Å². The van der Waals surface area contributed by atoms with Gasteiger partial charge in [-0.15, -0.1) is 0 Å². The summed E-state index contributed by atoms with van der Waals surface area (Å²) >= 11 is 1.32. The first-order valence-corrected chi connectivity index (χ1v) is 10.1. The van der Waals surface area contributed by atoms with Crippen molar-refractivity contribution in [2.24, 2.45) is 0 Å². The molecule has 6 heteroatoms. The van der Waals surface area contributed by atoms with E-state index in [4.69, 9.17) is 0 Å². The summed E-state index contributed by atoms with van der Waals surface area (Å²) in [5, 5.41) is 13.9.